The second kappa shape index (κ2) is 48.1. The molecule has 0 aromatic heterocycles. The molecule has 0 aromatic carbocycles. The van der Waals surface area contributed by atoms with Gasteiger partial charge in [0, 0.05) is 137 Å². The first-order chi connectivity index (χ1) is 61.3. The average Bonchev–Trinajstić information content (AvgIpc) is 0.830. The van der Waals surface area contributed by atoms with Crippen LogP contribution in [0.25, 0.3) is 73.1 Å². The van der Waals surface area contributed by atoms with Crippen molar-refractivity contribution in [2.24, 2.45) is 41.7 Å². The molecular formula is C69H89N21O39. The second-order valence-corrected chi connectivity index (χ2v) is 28.9. The van der Waals surface area contributed by atoms with E-state index in [1.165, 1.54) is 0 Å². The zero-order valence-corrected chi connectivity index (χ0v) is 70.6. The van der Waals surface area contributed by atoms with Crippen LogP contribution in [0, 0.1) is 5.92 Å². The van der Waals surface area contributed by atoms with Crippen molar-refractivity contribution >= 4 is 77.6 Å². The summed E-state index contributed by atoms with van der Waals surface area (Å²) < 4.78 is 162. The maximum atomic E-state index is 13.8. The van der Waals surface area contributed by atoms with Crippen LogP contribution in [-0.4, -0.2) is 320 Å². The quantitative estimate of drug-likeness (QED) is 0.0374. The van der Waals surface area contributed by atoms with Crippen LogP contribution in [0.4, 0.5) is 0 Å². The van der Waals surface area contributed by atoms with Gasteiger partial charge in [-0.2, -0.15) is 0 Å². The van der Waals surface area contributed by atoms with Crippen molar-refractivity contribution in [1.29, 1.82) is 0 Å². The van der Waals surface area contributed by atoms with Gasteiger partial charge in [0.1, 0.15) is 54.6 Å². The van der Waals surface area contributed by atoms with Crippen LogP contribution < -0.4 is 0 Å². The Kier molecular flexibility index (Phi) is 38.0. The summed E-state index contributed by atoms with van der Waals surface area (Å²) in [5.74, 6) is -18.2. The van der Waals surface area contributed by atoms with Gasteiger partial charge in [0.15, 0.2) is 111 Å². The number of hydrogen-bond donors (Lipinski definition) is 0. The molecule has 0 spiro atoms. The Morgan fingerprint density at radius 2 is 0.488 bits per heavy atom. The first-order valence-electron chi connectivity index (χ1n) is 38.9. The summed E-state index contributed by atoms with van der Waals surface area (Å²) >= 11 is 0. The molecule has 60 heteroatoms. The van der Waals surface area contributed by atoms with Gasteiger partial charge in [-0.05, 0) is 51.1 Å². The first-order valence-corrected chi connectivity index (χ1v) is 38.9. The molecule has 129 heavy (non-hydrogen) atoms. The molecule has 20 heterocycles. The summed E-state index contributed by atoms with van der Waals surface area (Å²) in [6, 6.07) is 0. The monoisotopic (exact) mass is 1840 g/mol. The van der Waals surface area contributed by atoms with E-state index in [9.17, 15) is 101 Å². The van der Waals surface area contributed by atoms with Crippen LogP contribution >= 0.6 is 0 Å². The zero-order valence-electron chi connectivity index (χ0n) is 70.6. The molecule has 21 aliphatic rings. The van der Waals surface area contributed by atoms with Crippen LogP contribution in [-0.2, 0) is 185 Å². The summed E-state index contributed by atoms with van der Waals surface area (Å²) in [4.78, 5) is 198. The number of esters is 13. The summed E-state index contributed by atoms with van der Waals surface area (Å²) in [7, 11) is 0. The predicted molar refractivity (Wildman–Crippen MR) is 403 cm³/mol. The maximum absolute atomic E-state index is 13.8. The first kappa shape index (κ1) is 102. The Morgan fingerprint density at radius 1 is 0.264 bits per heavy atom. The lowest BCUT2D eigenvalue weighted by atomic mass is 9.79. The fourth-order valence-corrected chi connectivity index (χ4v) is 15.4. The molecule has 0 amide bonds. The van der Waals surface area contributed by atoms with Crippen molar-refractivity contribution in [2.75, 3.05) is 45.8 Å². The van der Waals surface area contributed by atoms with E-state index in [4.69, 9.17) is 123 Å². The topological polar surface area (TPSA) is 803 Å². The van der Waals surface area contributed by atoms with E-state index in [0.29, 0.717) is 0 Å². The fourth-order valence-electron chi connectivity index (χ4n) is 15.4. The number of nitrogens with zero attached hydrogens (tertiary/aromatic N) is 21. The average molecular weight is 1840 g/mol. The molecule has 21 rings (SSSR count). The lowest BCUT2D eigenvalue weighted by molar-refractivity contribution is -0.387. The Hall–Kier alpha value is -12.5. The zero-order chi connectivity index (χ0) is 94.8. The van der Waals surface area contributed by atoms with E-state index >= 15 is 0 Å². The van der Waals surface area contributed by atoms with Gasteiger partial charge in [-0.1, -0.05) is 35.8 Å². The van der Waals surface area contributed by atoms with Crippen LogP contribution in [0.15, 0.2) is 47.6 Å². The van der Waals surface area contributed by atoms with Crippen LogP contribution in [0.2, 0.25) is 0 Å². The highest BCUT2D eigenvalue weighted by atomic mass is 16.8. The van der Waals surface area contributed by atoms with Gasteiger partial charge in [0.05, 0.1) is 75.9 Å². The largest absolute Gasteiger partial charge is 0.456 e. The third kappa shape index (κ3) is 27.8. The van der Waals surface area contributed by atoms with E-state index < -0.39 is 338 Å². The lowest BCUT2D eigenvalue weighted by Crippen LogP contribution is -2.69. The smallest absolute Gasteiger partial charge is 0.307 e. The van der Waals surface area contributed by atoms with Crippen molar-refractivity contribution in [3.63, 3.8) is 0 Å². The maximum Gasteiger partial charge on any atom is 0.307 e. The highest BCUT2D eigenvalue weighted by Crippen LogP contribution is 2.45. The van der Waals surface area contributed by atoms with Crippen molar-refractivity contribution in [2.45, 2.75) is 293 Å². The molecule has 60 nitrogen and oxygen atoms in total. The standard InChI is InChI=1S/C69H89N21O39/c1-23(91)104-38-15-45-117-39(17-78-85-71)47(38)126-66-60(112-31(9)99)55(107-26(4)94)49(40(119-66)18-79-86-72)118-37-14-36(16-77-84-70)46(54(106-25(3)93)48(37)105-24(2)92)125-65-62(114-33(11)101)57(109-28(6)96)51(42(121-65)20-81-88-74)128-68-64(116-35(13)103)59(111-30(8)98)53(44(123-68)22-83-90-76)129-69-63(115-34(12)102)58(110-29(7)97)52(43(122-69)21-82-89-75)127-67-61(113-32(10)100)56(108-27(5)95)50(124-45)41(120-67)19-80-87-73/h15,36-37,39-69H,14,16-22H2,1-13H3/t36?,37-,39?,40?,41?,42?,43?,44?,45+,46+,47-,48?,49+,50+,51+,52+,53+,54?,55?,56?,57?,58?,59?,60?,61?,62?,63?,64?,65+,66+,67-,68-,69-/m0/s1. The Balaban J connectivity index is 1.47. The summed E-state index contributed by atoms with van der Waals surface area (Å²) in [6.45, 7) is 4.42. The number of ether oxygens (including phenoxy) is 26. The molecule has 19 unspecified atom stereocenters. The van der Waals surface area contributed by atoms with Gasteiger partial charge in [0.2, 0.25) is 0 Å². The number of carbonyl (C=O) groups is 13. The van der Waals surface area contributed by atoms with Crippen LogP contribution in [0.5, 0.6) is 0 Å². The lowest BCUT2D eigenvalue weighted by Gasteiger charge is -2.52. The Bertz CT molecular complexity index is 4460. The number of carbonyl (C=O) groups excluding carboxylic acids is 13. The summed E-state index contributed by atoms with van der Waals surface area (Å²) in [5.41, 5.74) is 70.0. The van der Waals surface area contributed by atoms with Gasteiger partial charge >= 0.3 is 77.6 Å². The molecule has 1 saturated carbocycles. The Labute approximate surface area is 726 Å². The third-order valence-corrected chi connectivity index (χ3v) is 19.5. The third-order valence-electron chi connectivity index (χ3n) is 19.5. The van der Waals surface area contributed by atoms with E-state index in [1.54, 1.807) is 0 Å². The van der Waals surface area contributed by atoms with E-state index in [-0.39, 0.29) is 0 Å². The Morgan fingerprint density at radius 3 is 0.760 bits per heavy atom. The molecule has 704 valence electrons. The molecule has 20 aliphatic heterocycles. The van der Waals surface area contributed by atoms with Gasteiger partial charge in [0.25, 0.3) is 0 Å². The van der Waals surface area contributed by atoms with E-state index in [0.717, 1.165) is 96.1 Å². The minimum atomic E-state index is -2.38. The molecule has 13 fully saturated rings. The highest BCUT2D eigenvalue weighted by Gasteiger charge is 2.64. The number of hydrogen-bond acceptors (Lipinski definition) is 46. The van der Waals surface area contributed by atoms with Crippen molar-refractivity contribution in [1.82, 2.24) is 0 Å². The summed E-state index contributed by atoms with van der Waals surface area (Å²) in [5, 5.41) is 25.7. The van der Waals surface area contributed by atoms with Gasteiger partial charge < -0.3 is 123 Å². The van der Waals surface area contributed by atoms with Crippen LogP contribution in [0.3, 0.4) is 0 Å². The summed E-state index contributed by atoms with van der Waals surface area (Å²) in [6.07, 6.45) is -68.6. The second-order valence-electron chi connectivity index (χ2n) is 28.9. The fraction of sp³-hybridized carbons (Fsp3) is 0.783. The molecule has 12 saturated heterocycles. The molecule has 1 aliphatic carbocycles. The molecule has 14 bridgehead atoms. The number of azide groups is 7. The normalized spacial score (nSPS) is 35.2. The minimum Gasteiger partial charge on any atom is -0.456 e. The molecule has 0 radical (unpaired) electrons. The van der Waals surface area contributed by atoms with Gasteiger partial charge in [-0.15, -0.1) is 0 Å². The van der Waals surface area contributed by atoms with E-state index in [1.807, 2.05) is 0 Å². The van der Waals surface area contributed by atoms with Crippen molar-refractivity contribution in [3.05, 3.63) is 84.9 Å². The van der Waals surface area contributed by atoms with Crippen molar-refractivity contribution < 1.29 is 185 Å². The van der Waals surface area contributed by atoms with E-state index in [2.05, 4.69) is 70.2 Å². The minimum absolute atomic E-state index is 0.691. The number of rotatable bonds is 27. The highest BCUT2D eigenvalue weighted by molar-refractivity contribution is 5.71. The van der Waals surface area contributed by atoms with Gasteiger partial charge in [-0.3, -0.25) is 62.3 Å². The molecule has 0 aromatic rings. The molecule has 33 atom stereocenters. The van der Waals surface area contributed by atoms with Gasteiger partial charge in [-0.25, -0.2) is 0 Å². The predicted octanol–water partition coefficient (Wildman–Crippen LogP) is 3.23. The SMILES string of the molecule is CC(=O)OC1=C[C@@H]2OC(CN=[N+]=[N-])[C@H]1O[C@H]1OC(CN=[N+]=[N-])[C@@H](O[C@H]3CC(CN=[N+]=[N-])[C@@H](O[C@H]4OC(CN=[N+]=[N-])[C@@H](O[C@@H]5OC(CN=[N+]=[N-])[C@@H](O[C@@H]6OC(CN=[N+]=[N-])[C@@H](O[C@@H]7OC(CN=[N+]=[N-])[C@@H](O2)C(OC(C)=O)C7OC(C)=O)C(OC(C)=O)C6OC(C)=O)C(OC(C)=O)C5OC(C)=O)C(OC(C)=O)C4OC(C)=O)C(OC(C)=O)C3OC(C)=O)C(OC(C)=O)C1OC(C)=O. The molecule has 0 N–H and O–H groups in total. The van der Waals surface area contributed by atoms with Crippen molar-refractivity contribution in [3.8, 4) is 0 Å². The van der Waals surface area contributed by atoms with Crippen LogP contribution in [0.1, 0.15) is 96.4 Å². The molecular weight excluding hydrogens is 1750 g/mol.